The molecule has 0 aromatic heterocycles. The predicted octanol–water partition coefficient (Wildman–Crippen LogP) is 5.22. The molecule has 1 aromatic carbocycles. The van der Waals surface area contributed by atoms with Gasteiger partial charge in [0.2, 0.25) is 0 Å². The lowest BCUT2D eigenvalue weighted by Gasteiger charge is -2.41. The summed E-state index contributed by atoms with van der Waals surface area (Å²) in [6.07, 6.45) is 4.48. The molecule has 0 N–H and O–H groups in total. The van der Waals surface area contributed by atoms with E-state index in [2.05, 4.69) is 19.9 Å². The van der Waals surface area contributed by atoms with E-state index in [0.29, 0.717) is 17.9 Å². The minimum Gasteiger partial charge on any atom is -0.456 e. The zero-order valence-electron chi connectivity index (χ0n) is 17.8. The van der Waals surface area contributed by atoms with E-state index in [4.69, 9.17) is 9.47 Å². The Morgan fingerprint density at radius 1 is 1.21 bits per heavy atom. The highest BCUT2D eigenvalue weighted by atomic mass is 16.6. The van der Waals surface area contributed by atoms with Gasteiger partial charge in [-0.25, -0.2) is 4.79 Å². The summed E-state index contributed by atoms with van der Waals surface area (Å²) in [7, 11) is 1.60. The molecule has 154 valence electrons. The molecule has 0 bridgehead atoms. The first-order valence-electron chi connectivity index (χ1n) is 10.4. The van der Waals surface area contributed by atoms with E-state index in [1.807, 2.05) is 32.0 Å². The van der Waals surface area contributed by atoms with Gasteiger partial charge in [0.05, 0.1) is 11.5 Å². The van der Waals surface area contributed by atoms with Crippen molar-refractivity contribution in [3.63, 3.8) is 0 Å². The number of hydrogen-bond acceptors (Lipinski definition) is 4. The largest absolute Gasteiger partial charge is 0.456 e. The zero-order valence-corrected chi connectivity index (χ0v) is 17.8. The maximum absolute atomic E-state index is 12.9. The first-order valence-corrected chi connectivity index (χ1v) is 10.4. The number of benzene rings is 1. The van der Waals surface area contributed by atoms with Crippen molar-refractivity contribution in [3.8, 4) is 0 Å². The Hall–Kier alpha value is -1.94. The third kappa shape index (κ3) is 5.54. The van der Waals surface area contributed by atoms with Gasteiger partial charge in [-0.3, -0.25) is 4.79 Å². The van der Waals surface area contributed by atoms with Crippen LogP contribution in [0.2, 0.25) is 0 Å². The van der Waals surface area contributed by atoms with Crippen LogP contribution in [0, 0.1) is 17.8 Å². The molecule has 4 unspecified atom stereocenters. The van der Waals surface area contributed by atoms with Crippen molar-refractivity contribution in [2.45, 2.75) is 65.6 Å². The highest BCUT2D eigenvalue weighted by Gasteiger charge is 2.46. The molecular formula is C24H34O4. The molecule has 2 rings (SSSR count). The number of carbonyl (C=O) groups is 2. The molecule has 0 spiro atoms. The van der Waals surface area contributed by atoms with E-state index in [9.17, 15) is 9.59 Å². The van der Waals surface area contributed by atoms with Gasteiger partial charge in [0.15, 0.2) is 0 Å². The molecule has 4 heteroatoms. The SMILES string of the molecule is CCC1CC(=O)C(C(C)=CCCC(C)C)C(OC)C1OC(=O)c1ccccc1. The van der Waals surface area contributed by atoms with Crippen LogP contribution < -0.4 is 0 Å². The molecule has 1 aliphatic carbocycles. The number of hydrogen-bond donors (Lipinski definition) is 0. The normalized spacial score (nSPS) is 25.8. The molecule has 1 aliphatic rings. The van der Waals surface area contributed by atoms with Gasteiger partial charge in [-0.1, -0.05) is 50.6 Å². The van der Waals surface area contributed by atoms with Crippen molar-refractivity contribution in [2.75, 3.05) is 7.11 Å². The van der Waals surface area contributed by atoms with E-state index in [1.54, 1.807) is 19.2 Å². The number of methoxy groups -OCH3 is 1. The van der Waals surface area contributed by atoms with Crippen LogP contribution in [0.4, 0.5) is 0 Å². The average Bonchev–Trinajstić information content (AvgIpc) is 2.68. The van der Waals surface area contributed by atoms with Gasteiger partial charge >= 0.3 is 5.97 Å². The van der Waals surface area contributed by atoms with Crippen LogP contribution in [0.5, 0.6) is 0 Å². The van der Waals surface area contributed by atoms with E-state index in [0.717, 1.165) is 24.8 Å². The monoisotopic (exact) mass is 386 g/mol. The fraction of sp³-hybridized carbons (Fsp3) is 0.583. The molecule has 0 radical (unpaired) electrons. The Morgan fingerprint density at radius 3 is 2.46 bits per heavy atom. The standard InChI is InChI=1S/C24H34O4/c1-6-18-15-20(25)21(17(4)12-10-11-16(2)3)23(27-5)22(18)28-24(26)19-13-8-7-9-14-19/h7-9,12-14,16,18,21-23H,6,10-11,15H2,1-5H3. The number of allylic oxidation sites excluding steroid dienone is 1. The topological polar surface area (TPSA) is 52.6 Å². The second-order valence-electron chi connectivity index (χ2n) is 8.17. The zero-order chi connectivity index (χ0) is 20.7. The Balaban J connectivity index is 2.23. The average molecular weight is 387 g/mol. The molecule has 1 aromatic rings. The van der Waals surface area contributed by atoms with Gasteiger partial charge < -0.3 is 9.47 Å². The maximum atomic E-state index is 12.9. The van der Waals surface area contributed by atoms with Gasteiger partial charge in [-0.05, 0) is 44.2 Å². The smallest absolute Gasteiger partial charge is 0.338 e. The maximum Gasteiger partial charge on any atom is 0.338 e. The minimum absolute atomic E-state index is 0.0233. The highest BCUT2D eigenvalue weighted by molar-refractivity contribution is 5.90. The van der Waals surface area contributed by atoms with Crippen LogP contribution in [0.15, 0.2) is 42.0 Å². The van der Waals surface area contributed by atoms with E-state index < -0.39 is 12.2 Å². The number of ketones is 1. The van der Waals surface area contributed by atoms with Crippen molar-refractivity contribution >= 4 is 11.8 Å². The van der Waals surface area contributed by atoms with E-state index in [1.165, 1.54) is 0 Å². The number of Topliss-reactive ketones (excluding diaryl/α,β-unsaturated/α-hetero) is 1. The lowest BCUT2D eigenvalue weighted by molar-refractivity contribution is -0.144. The first-order chi connectivity index (χ1) is 13.4. The molecule has 4 nitrogen and oxygen atoms in total. The minimum atomic E-state index is -0.450. The summed E-state index contributed by atoms with van der Waals surface area (Å²) in [4.78, 5) is 25.6. The number of carbonyl (C=O) groups excluding carboxylic acids is 2. The van der Waals surface area contributed by atoms with Gasteiger partial charge in [0.1, 0.15) is 18.0 Å². The van der Waals surface area contributed by atoms with Crippen LogP contribution in [-0.4, -0.2) is 31.1 Å². The molecule has 4 atom stereocenters. The van der Waals surface area contributed by atoms with Crippen molar-refractivity contribution in [2.24, 2.45) is 17.8 Å². The lowest BCUT2D eigenvalue weighted by Crippen LogP contribution is -2.51. The van der Waals surface area contributed by atoms with Crippen molar-refractivity contribution in [1.82, 2.24) is 0 Å². The molecular weight excluding hydrogens is 352 g/mol. The van der Waals surface area contributed by atoms with Crippen LogP contribution in [0.3, 0.4) is 0 Å². The summed E-state index contributed by atoms with van der Waals surface area (Å²) < 4.78 is 11.7. The van der Waals surface area contributed by atoms with E-state index >= 15 is 0 Å². The summed E-state index contributed by atoms with van der Waals surface area (Å²) in [6, 6.07) is 8.98. The Bertz CT molecular complexity index is 677. The number of rotatable bonds is 8. The molecule has 1 fully saturated rings. The Labute approximate surface area is 169 Å². The van der Waals surface area contributed by atoms with Crippen molar-refractivity contribution in [3.05, 3.63) is 47.5 Å². The Kier molecular flexibility index (Phi) is 8.43. The highest BCUT2D eigenvalue weighted by Crippen LogP contribution is 2.37. The number of ether oxygens (including phenoxy) is 2. The lowest BCUT2D eigenvalue weighted by atomic mass is 9.72. The quantitative estimate of drug-likeness (QED) is 0.454. The summed E-state index contributed by atoms with van der Waals surface area (Å²) in [6.45, 7) is 8.41. The molecule has 0 amide bonds. The first kappa shape index (κ1) is 22.4. The van der Waals surface area contributed by atoms with Gasteiger partial charge in [0.25, 0.3) is 0 Å². The van der Waals surface area contributed by atoms with Crippen LogP contribution >= 0.6 is 0 Å². The second kappa shape index (κ2) is 10.6. The van der Waals surface area contributed by atoms with Gasteiger partial charge in [-0.2, -0.15) is 0 Å². The molecule has 1 saturated carbocycles. The van der Waals surface area contributed by atoms with Gasteiger partial charge in [-0.15, -0.1) is 0 Å². The van der Waals surface area contributed by atoms with E-state index in [-0.39, 0.29) is 23.6 Å². The Morgan fingerprint density at radius 2 is 1.89 bits per heavy atom. The van der Waals surface area contributed by atoms with Crippen LogP contribution in [0.1, 0.15) is 63.7 Å². The fourth-order valence-electron chi connectivity index (χ4n) is 4.00. The van der Waals surface area contributed by atoms with Crippen LogP contribution in [0.25, 0.3) is 0 Å². The van der Waals surface area contributed by atoms with Crippen molar-refractivity contribution < 1.29 is 19.1 Å². The second-order valence-corrected chi connectivity index (χ2v) is 8.17. The van der Waals surface area contributed by atoms with Crippen molar-refractivity contribution in [1.29, 1.82) is 0 Å². The molecule has 0 heterocycles. The third-order valence-electron chi connectivity index (χ3n) is 5.68. The summed E-state index contributed by atoms with van der Waals surface area (Å²) in [5.74, 6) is 0.0661. The summed E-state index contributed by atoms with van der Waals surface area (Å²) in [5.41, 5.74) is 1.54. The molecule has 0 saturated heterocycles. The fourth-order valence-corrected chi connectivity index (χ4v) is 4.00. The van der Waals surface area contributed by atoms with Gasteiger partial charge in [0, 0.05) is 19.4 Å². The molecule has 0 aliphatic heterocycles. The summed E-state index contributed by atoms with van der Waals surface area (Å²) in [5, 5.41) is 0. The summed E-state index contributed by atoms with van der Waals surface area (Å²) >= 11 is 0. The predicted molar refractivity (Wildman–Crippen MR) is 111 cm³/mol. The third-order valence-corrected chi connectivity index (χ3v) is 5.68. The number of esters is 1. The molecule has 28 heavy (non-hydrogen) atoms. The van der Waals surface area contributed by atoms with Crippen LogP contribution in [-0.2, 0) is 14.3 Å².